The highest BCUT2D eigenvalue weighted by molar-refractivity contribution is 7.82. The Balaban J connectivity index is 0. The highest BCUT2D eigenvalue weighted by atomic mass is 32.1. The summed E-state index contributed by atoms with van der Waals surface area (Å²) < 4.78 is 0. The molecule has 3 heteroatoms. The first-order chi connectivity index (χ1) is 4.72. The normalized spacial score (nSPS) is 9.50. The van der Waals surface area contributed by atoms with E-state index in [9.17, 15) is 0 Å². The van der Waals surface area contributed by atoms with Crippen LogP contribution in [0.1, 0.15) is 20.8 Å². The van der Waals surface area contributed by atoms with Crippen LogP contribution in [-0.2, 0) is 0 Å². The Morgan fingerprint density at radius 1 is 1.40 bits per heavy atom. The van der Waals surface area contributed by atoms with E-state index < -0.39 is 0 Å². The number of nitrogens with one attached hydrogen (secondary N) is 1. The number of nitrogens with zero attached hydrogens (tertiary/aromatic N) is 1. The van der Waals surface area contributed by atoms with Crippen LogP contribution in [0.5, 0.6) is 0 Å². The SMILES string of the molecule is CC.CN=C(C)C(=S)NC. The van der Waals surface area contributed by atoms with Gasteiger partial charge in [0.1, 0.15) is 4.99 Å². The predicted octanol–water partition coefficient (Wildman–Crippen LogP) is 1.65. The molecule has 60 valence electrons. The minimum Gasteiger partial charge on any atom is -0.378 e. The number of rotatable bonds is 1. The van der Waals surface area contributed by atoms with Crippen LogP contribution < -0.4 is 5.32 Å². The average Bonchev–Trinajstić information content (AvgIpc) is 2.05. The topological polar surface area (TPSA) is 24.4 Å². The van der Waals surface area contributed by atoms with Crippen LogP contribution in [0.3, 0.4) is 0 Å². The van der Waals surface area contributed by atoms with Gasteiger partial charge >= 0.3 is 0 Å². The third kappa shape index (κ3) is 5.69. The molecule has 0 saturated carbocycles. The van der Waals surface area contributed by atoms with Crippen LogP contribution in [0.25, 0.3) is 0 Å². The fourth-order valence-electron chi connectivity index (χ4n) is 0.282. The molecule has 0 atom stereocenters. The Morgan fingerprint density at radius 2 is 1.80 bits per heavy atom. The lowest BCUT2D eigenvalue weighted by molar-refractivity contribution is 1.22. The summed E-state index contributed by atoms with van der Waals surface area (Å²) in [6.07, 6.45) is 0. The van der Waals surface area contributed by atoms with E-state index in [1.54, 1.807) is 14.1 Å². The van der Waals surface area contributed by atoms with E-state index in [4.69, 9.17) is 12.2 Å². The number of aliphatic imine (C=N–C) groups is 1. The van der Waals surface area contributed by atoms with Crippen molar-refractivity contribution in [2.75, 3.05) is 14.1 Å². The van der Waals surface area contributed by atoms with E-state index >= 15 is 0 Å². The summed E-state index contributed by atoms with van der Waals surface area (Å²) >= 11 is 4.84. The van der Waals surface area contributed by atoms with Gasteiger partial charge in [-0.05, 0) is 6.92 Å². The van der Waals surface area contributed by atoms with Crippen molar-refractivity contribution >= 4 is 22.9 Å². The second kappa shape index (κ2) is 8.56. The van der Waals surface area contributed by atoms with Crippen LogP contribution in [0.15, 0.2) is 4.99 Å². The van der Waals surface area contributed by atoms with Gasteiger partial charge in [0.15, 0.2) is 0 Å². The van der Waals surface area contributed by atoms with Gasteiger partial charge in [-0.2, -0.15) is 0 Å². The van der Waals surface area contributed by atoms with Crippen molar-refractivity contribution in [2.24, 2.45) is 4.99 Å². The van der Waals surface area contributed by atoms with Gasteiger partial charge in [-0.15, -0.1) is 0 Å². The van der Waals surface area contributed by atoms with Crippen LogP contribution in [0.2, 0.25) is 0 Å². The third-order valence-corrected chi connectivity index (χ3v) is 1.39. The molecule has 0 heterocycles. The van der Waals surface area contributed by atoms with Crippen molar-refractivity contribution in [1.29, 1.82) is 0 Å². The first kappa shape index (κ1) is 12.3. The van der Waals surface area contributed by atoms with Gasteiger partial charge in [-0.25, -0.2) is 0 Å². The van der Waals surface area contributed by atoms with Crippen LogP contribution >= 0.6 is 12.2 Å². The molecule has 0 aliphatic rings. The molecule has 0 fully saturated rings. The van der Waals surface area contributed by atoms with Crippen LogP contribution in [0, 0.1) is 0 Å². The number of hydrogen-bond acceptors (Lipinski definition) is 2. The first-order valence-corrected chi connectivity index (χ1v) is 3.78. The zero-order valence-corrected chi connectivity index (χ0v) is 8.17. The van der Waals surface area contributed by atoms with E-state index in [2.05, 4.69) is 10.3 Å². The molecule has 1 N–H and O–H groups in total. The molecule has 0 amide bonds. The Labute approximate surface area is 68.7 Å². The minimum absolute atomic E-state index is 0.715. The molecule has 0 aromatic heterocycles. The summed E-state index contributed by atoms with van der Waals surface area (Å²) in [5.41, 5.74) is 0.877. The first-order valence-electron chi connectivity index (χ1n) is 3.37. The molecule has 0 radical (unpaired) electrons. The van der Waals surface area contributed by atoms with Crippen LogP contribution in [-0.4, -0.2) is 24.8 Å². The van der Waals surface area contributed by atoms with E-state index in [1.165, 1.54) is 0 Å². The molecule has 0 aliphatic heterocycles. The molecule has 0 bridgehead atoms. The van der Waals surface area contributed by atoms with Crippen molar-refractivity contribution in [3.8, 4) is 0 Å². The third-order valence-electron chi connectivity index (χ3n) is 0.891. The Kier molecular flexibility index (Phi) is 10.5. The lowest BCUT2D eigenvalue weighted by atomic mass is 10.4. The molecule has 0 aromatic rings. The van der Waals surface area contributed by atoms with Gasteiger partial charge in [0.05, 0.1) is 5.71 Å². The predicted molar refractivity (Wildman–Crippen MR) is 52.0 cm³/mol. The Hall–Kier alpha value is -0.440. The number of hydrogen-bond donors (Lipinski definition) is 1. The fourth-order valence-corrected chi connectivity index (χ4v) is 0.374. The Bertz CT molecular complexity index is 119. The molecule has 0 saturated heterocycles. The van der Waals surface area contributed by atoms with Crippen molar-refractivity contribution in [1.82, 2.24) is 5.32 Å². The number of thiocarbonyl (C=S) groups is 1. The highest BCUT2D eigenvalue weighted by Crippen LogP contribution is 1.76. The zero-order valence-electron chi connectivity index (χ0n) is 7.36. The second-order valence-corrected chi connectivity index (χ2v) is 1.80. The summed E-state index contributed by atoms with van der Waals surface area (Å²) in [7, 11) is 3.51. The van der Waals surface area contributed by atoms with E-state index in [1.807, 2.05) is 20.8 Å². The maximum atomic E-state index is 4.84. The summed E-state index contributed by atoms with van der Waals surface area (Å²) in [5.74, 6) is 0. The average molecular weight is 160 g/mol. The molecule has 10 heavy (non-hydrogen) atoms. The van der Waals surface area contributed by atoms with Crippen molar-refractivity contribution in [3.63, 3.8) is 0 Å². The van der Waals surface area contributed by atoms with Crippen molar-refractivity contribution < 1.29 is 0 Å². The minimum atomic E-state index is 0.715. The van der Waals surface area contributed by atoms with E-state index in [0.29, 0.717) is 4.99 Å². The molecule has 0 rings (SSSR count). The van der Waals surface area contributed by atoms with E-state index in [0.717, 1.165) is 5.71 Å². The summed E-state index contributed by atoms with van der Waals surface area (Å²) in [6.45, 7) is 5.87. The maximum Gasteiger partial charge on any atom is 0.120 e. The lowest BCUT2D eigenvalue weighted by Crippen LogP contribution is -2.22. The van der Waals surface area contributed by atoms with E-state index in [-0.39, 0.29) is 0 Å². The summed E-state index contributed by atoms with van der Waals surface area (Å²) in [4.78, 5) is 4.59. The van der Waals surface area contributed by atoms with Gasteiger partial charge in [0.25, 0.3) is 0 Å². The smallest absolute Gasteiger partial charge is 0.120 e. The molecule has 0 aromatic carbocycles. The van der Waals surface area contributed by atoms with Crippen molar-refractivity contribution in [3.05, 3.63) is 0 Å². The highest BCUT2D eigenvalue weighted by Gasteiger charge is 1.91. The molecule has 0 aliphatic carbocycles. The summed E-state index contributed by atoms with van der Waals surface area (Å²) in [5, 5.41) is 2.82. The molecular formula is C7H16N2S. The second-order valence-electron chi connectivity index (χ2n) is 1.39. The monoisotopic (exact) mass is 160 g/mol. The molecular weight excluding hydrogens is 144 g/mol. The Morgan fingerprint density at radius 3 is 1.90 bits per heavy atom. The molecule has 2 nitrogen and oxygen atoms in total. The molecule has 0 unspecified atom stereocenters. The van der Waals surface area contributed by atoms with Gasteiger partial charge < -0.3 is 5.32 Å². The van der Waals surface area contributed by atoms with Gasteiger partial charge in [0.2, 0.25) is 0 Å². The summed E-state index contributed by atoms with van der Waals surface area (Å²) in [6, 6.07) is 0. The van der Waals surface area contributed by atoms with Crippen LogP contribution in [0.4, 0.5) is 0 Å². The lowest BCUT2D eigenvalue weighted by Gasteiger charge is -1.97. The largest absolute Gasteiger partial charge is 0.378 e. The van der Waals surface area contributed by atoms with Crippen molar-refractivity contribution in [2.45, 2.75) is 20.8 Å². The van der Waals surface area contributed by atoms with Gasteiger partial charge in [0, 0.05) is 14.1 Å². The standard InChI is InChI=1S/C5H10N2S.C2H6/c1-4(6-2)5(8)7-3;1-2/h1-3H3,(H,7,8);1-2H3. The van der Waals surface area contributed by atoms with Gasteiger partial charge in [-0.3, -0.25) is 4.99 Å². The quantitative estimate of drug-likeness (QED) is 0.466. The maximum absolute atomic E-state index is 4.84. The van der Waals surface area contributed by atoms with Gasteiger partial charge in [-0.1, -0.05) is 26.1 Å². The zero-order chi connectivity index (χ0) is 8.57. The molecule has 0 spiro atoms. The fraction of sp³-hybridized carbons (Fsp3) is 0.714.